The van der Waals surface area contributed by atoms with E-state index in [1.807, 2.05) is 0 Å². The maximum absolute atomic E-state index is 11.7. The number of anilines is 1. The zero-order valence-corrected chi connectivity index (χ0v) is 12.1. The highest BCUT2D eigenvalue weighted by atomic mass is 32.2. The normalized spacial score (nSPS) is 11.4. The van der Waals surface area contributed by atoms with Crippen LogP contribution in [0.1, 0.15) is 5.82 Å². The van der Waals surface area contributed by atoms with Gasteiger partial charge in [-0.3, -0.25) is 5.10 Å². The first-order chi connectivity index (χ1) is 10.1. The zero-order chi connectivity index (χ0) is 15.1. The molecule has 1 aromatic carbocycles. The number of benzene rings is 1. The van der Waals surface area contributed by atoms with E-state index in [-0.39, 0.29) is 18.9 Å². The second-order valence-electron chi connectivity index (χ2n) is 4.31. The first-order valence-corrected chi connectivity index (χ1v) is 8.00. The van der Waals surface area contributed by atoms with Gasteiger partial charge in [0.2, 0.25) is 10.0 Å². The first-order valence-electron chi connectivity index (χ1n) is 6.35. The molecule has 1 heterocycles. The van der Waals surface area contributed by atoms with Crippen LogP contribution in [0.5, 0.6) is 5.75 Å². The lowest BCUT2D eigenvalue weighted by molar-refractivity contribution is 0.340. The van der Waals surface area contributed by atoms with Crippen molar-refractivity contribution in [3.05, 3.63) is 36.4 Å². The van der Waals surface area contributed by atoms with Crippen LogP contribution in [0.4, 0.5) is 5.69 Å². The van der Waals surface area contributed by atoms with E-state index in [0.29, 0.717) is 23.7 Å². The molecule has 0 atom stereocenters. The smallest absolute Gasteiger partial charge is 0.214 e. The lowest BCUT2D eigenvalue weighted by atomic mass is 10.3. The molecule has 0 amide bonds. The summed E-state index contributed by atoms with van der Waals surface area (Å²) in [6, 6.07) is 6.78. The maximum Gasteiger partial charge on any atom is 0.214 e. The van der Waals surface area contributed by atoms with Crippen LogP contribution < -0.4 is 15.2 Å². The summed E-state index contributed by atoms with van der Waals surface area (Å²) in [6.45, 7) is 0.334. The SMILES string of the molecule is Nc1ccc(OCCS(=O)(=O)NCCc2ncn[nH]2)cc1. The molecule has 0 bridgehead atoms. The van der Waals surface area contributed by atoms with Crippen LogP contribution in [0.2, 0.25) is 0 Å². The Balaban J connectivity index is 1.69. The van der Waals surface area contributed by atoms with Gasteiger partial charge < -0.3 is 10.5 Å². The Morgan fingerprint density at radius 3 is 2.71 bits per heavy atom. The maximum atomic E-state index is 11.7. The van der Waals surface area contributed by atoms with Crippen LogP contribution in [-0.2, 0) is 16.4 Å². The number of nitrogens with one attached hydrogen (secondary N) is 2. The molecule has 21 heavy (non-hydrogen) atoms. The highest BCUT2D eigenvalue weighted by molar-refractivity contribution is 7.89. The lowest BCUT2D eigenvalue weighted by Gasteiger charge is -2.08. The van der Waals surface area contributed by atoms with Crippen molar-refractivity contribution in [2.24, 2.45) is 0 Å². The monoisotopic (exact) mass is 311 g/mol. The van der Waals surface area contributed by atoms with Gasteiger partial charge in [-0.1, -0.05) is 0 Å². The molecule has 0 spiro atoms. The van der Waals surface area contributed by atoms with E-state index in [1.165, 1.54) is 6.33 Å². The molecule has 1 aromatic heterocycles. The third-order valence-electron chi connectivity index (χ3n) is 2.65. The molecule has 0 unspecified atom stereocenters. The Bertz CT molecular complexity index is 640. The summed E-state index contributed by atoms with van der Waals surface area (Å²) in [5.41, 5.74) is 6.17. The predicted octanol–water partition coefficient (Wildman–Crippen LogP) is -0.0722. The molecular formula is C12H17N5O3S. The topological polar surface area (TPSA) is 123 Å². The van der Waals surface area contributed by atoms with Crippen molar-refractivity contribution < 1.29 is 13.2 Å². The summed E-state index contributed by atoms with van der Waals surface area (Å²) in [6.07, 6.45) is 1.84. The van der Waals surface area contributed by atoms with E-state index in [2.05, 4.69) is 19.9 Å². The lowest BCUT2D eigenvalue weighted by Crippen LogP contribution is -2.30. The summed E-state index contributed by atoms with van der Waals surface area (Å²) in [4.78, 5) is 3.91. The number of rotatable bonds is 8. The van der Waals surface area contributed by atoms with E-state index in [9.17, 15) is 8.42 Å². The van der Waals surface area contributed by atoms with Crippen molar-refractivity contribution >= 4 is 15.7 Å². The highest BCUT2D eigenvalue weighted by Gasteiger charge is 2.10. The summed E-state index contributed by atoms with van der Waals surface area (Å²) >= 11 is 0. The quantitative estimate of drug-likeness (QED) is 0.586. The first kappa shape index (κ1) is 15.3. The molecule has 2 rings (SSSR count). The largest absolute Gasteiger partial charge is 0.492 e. The molecule has 0 fully saturated rings. The number of nitrogens with two attached hydrogens (primary N) is 1. The van der Waals surface area contributed by atoms with Gasteiger partial charge in [-0.25, -0.2) is 18.1 Å². The van der Waals surface area contributed by atoms with Crippen LogP contribution in [-0.4, -0.2) is 42.5 Å². The average Bonchev–Trinajstić information content (AvgIpc) is 2.94. The second kappa shape index (κ2) is 7.04. The number of aromatic nitrogens is 3. The van der Waals surface area contributed by atoms with Crippen LogP contribution in [0.25, 0.3) is 0 Å². The second-order valence-corrected chi connectivity index (χ2v) is 6.24. The van der Waals surface area contributed by atoms with E-state index in [0.717, 1.165) is 0 Å². The minimum atomic E-state index is -3.37. The summed E-state index contributed by atoms with van der Waals surface area (Å²) in [5.74, 6) is 1.10. The van der Waals surface area contributed by atoms with Crippen molar-refractivity contribution in [3.8, 4) is 5.75 Å². The van der Waals surface area contributed by atoms with Gasteiger partial charge in [0.25, 0.3) is 0 Å². The van der Waals surface area contributed by atoms with E-state index < -0.39 is 10.0 Å². The summed E-state index contributed by atoms with van der Waals surface area (Å²) < 4.78 is 31.3. The van der Waals surface area contributed by atoms with Crippen molar-refractivity contribution in [1.82, 2.24) is 19.9 Å². The Labute approximate surface area is 122 Å². The van der Waals surface area contributed by atoms with Crippen LogP contribution in [0, 0.1) is 0 Å². The fourth-order valence-electron chi connectivity index (χ4n) is 1.58. The molecule has 2 aromatic rings. The van der Waals surface area contributed by atoms with Crippen LogP contribution in [0.3, 0.4) is 0 Å². The highest BCUT2D eigenvalue weighted by Crippen LogP contribution is 2.12. The Morgan fingerprint density at radius 2 is 2.05 bits per heavy atom. The zero-order valence-electron chi connectivity index (χ0n) is 11.3. The predicted molar refractivity (Wildman–Crippen MR) is 78.2 cm³/mol. The van der Waals surface area contributed by atoms with Crippen LogP contribution in [0.15, 0.2) is 30.6 Å². The van der Waals surface area contributed by atoms with Crippen molar-refractivity contribution in [3.63, 3.8) is 0 Å². The number of aromatic amines is 1. The molecule has 9 heteroatoms. The minimum absolute atomic E-state index is 0.0710. The standard InChI is InChI=1S/C12H17N5O3S/c13-10-1-3-11(4-2-10)20-7-8-21(18,19)16-6-5-12-14-9-15-17-12/h1-4,9,16H,5-8,13H2,(H,14,15,17). The Hall–Kier alpha value is -2.13. The number of ether oxygens (including phenoxy) is 1. The molecule has 8 nitrogen and oxygen atoms in total. The number of nitrogen functional groups attached to an aromatic ring is 1. The van der Waals surface area contributed by atoms with E-state index in [4.69, 9.17) is 10.5 Å². The molecular weight excluding hydrogens is 294 g/mol. The molecule has 0 saturated heterocycles. The molecule has 0 saturated carbocycles. The Morgan fingerprint density at radius 1 is 1.29 bits per heavy atom. The van der Waals surface area contributed by atoms with Gasteiger partial charge in [-0.05, 0) is 24.3 Å². The molecule has 0 aliphatic heterocycles. The van der Waals surface area contributed by atoms with E-state index in [1.54, 1.807) is 24.3 Å². The Kier molecular flexibility index (Phi) is 5.12. The van der Waals surface area contributed by atoms with Crippen molar-refractivity contribution in [1.29, 1.82) is 0 Å². The van der Waals surface area contributed by atoms with Gasteiger partial charge in [-0.2, -0.15) is 5.10 Å². The fraction of sp³-hybridized carbons (Fsp3) is 0.333. The van der Waals surface area contributed by atoms with Gasteiger partial charge in [0.05, 0.1) is 5.75 Å². The number of nitrogens with zero attached hydrogens (tertiary/aromatic N) is 2. The number of hydrogen-bond donors (Lipinski definition) is 3. The average molecular weight is 311 g/mol. The molecule has 4 N–H and O–H groups in total. The summed E-state index contributed by atoms with van der Waals surface area (Å²) in [7, 11) is -3.37. The van der Waals surface area contributed by atoms with Gasteiger partial charge >= 0.3 is 0 Å². The van der Waals surface area contributed by atoms with Gasteiger partial charge in [0.15, 0.2) is 0 Å². The molecule has 0 aliphatic carbocycles. The van der Waals surface area contributed by atoms with Crippen LogP contribution >= 0.6 is 0 Å². The van der Waals surface area contributed by atoms with Gasteiger partial charge in [0, 0.05) is 18.7 Å². The fourth-order valence-corrected chi connectivity index (χ4v) is 2.44. The molecule has 0 radical (unpaired) electrons. The molecule has 0 aliphatic rings. The van der Waals surface area contributed by atoms with Gasteiger partial charge in [-0.15, -0.1) is 0 Å². The molecule has 114 valence electrons. The number of H-pyrrole nitrogens is 1. The van der Waals surface area contributed by atoms with Crippen molar-refractivity contribution in [2.75, 3.05) is 24.6 Å². The summed E-state index contributed by atoms with van der Waals surface area (Å²) in [5, 5.41) is 6.35. The third-order valence-corrected chi connectivity index (χ3v) is 4.00. The minimum Gasteiger partial charge on any atom is -0.492 e. The van der Waals surface area contributed by atoms with E-state index >= 15 is 0 Å². The number of sulfonamides is 1. The third kappa shape index (κ3) is 5.40. The number of hydrogen-bond acceptors (Lipinski definition) is 6. The van der Waals surface area contributed by atoms with Crippen molar-refractivity contribution in [2.45, 2.75) is 6.42 Å². The van der Waals surface area contributed by atoms with Gasteiger partial charge in [0.1, 0.15) is 24.5 Å².